The van der Waals surface area contributed by atoms with Gasteiger partial charge in [-0.05, 0) is 13.0 Å². The fraction of sp³-hybridized carbons (Fsp3) is 0.444. The second-order valence-corrected chi connectivity index (χ2v) is 3.12. The molecule has 0 aliphatic carbocycles. The van der Waals surface area contributed by atoms with Gasteiger partial charge in [-0.15, -0.1) is 0 Å². The highest BCUT2D eigenvalue weighted by Gasteiger charge is 2.20. The molecular weight excluding hydrogens is 176 g/mol. The number of aromatic nitrogens is 1. The van der Waals surface area contributed by atoms with E-state index in [0.29, 0.717) is 11.8 Å². The molecule has 0 radical (unpaired) electrons. The van der Waals surface area contributed by atoms with Crippen LogP contribution in [0.2, 0.25) is 0 Å². The average Bonchev–Trinajstić information content (AvgIpc) is 2.47. The van der Waals surface area contributed by atoms with E-state index in [9.17, 15) is 13.6 Å². The van der Waals surface area contributed by atoms with E-state index in [2.05, 4.69) is 0 Å². The highest BCUT2D eigenvalue weighted by molar-refractivity contribution is 5.74. The van der Waals surface area contributed by atoms with E-state index in [1.807, 2.05) is 0 Å². The lowest BCUT2D eigenvalue weighted by Gasteiger charge is -2.09. The summed E-state index contributed by atoms with van der Waals surface area (Å²) in [6.45, 7) is 1.12. The van der Waals surface area contributed by atoms with Gasteiger partial charge in [0.1, 0.15) is 0 Å². The van der Waals surface area contributed by atoms with Crippen molar-refractivity contribution >= 4 is 6.29 Å². The van der Waals surface area contributed by atoms with Gasteiger partial charge >= 0.3 is 0 Å². The topological polar surface area (TPSA) is 22.0 Å². The van der Waals surface area contributed by atoms with Crippen molar-refractivity contribution in [3.63, 3.8) is 0 Å². The molecule has 13 heavy (non-hydrogen) atoms. The van der Waals surface area contributed by atoms with Gasteiger partial charge in [0.25, 0.3) is 0 Å². The summed E-state index contributed by atoms with van der Waals surface area (Å²) < 4.78 is 26.4. The molecular formula is C9H11F2NO. The predicted molar refractivity (Wildman–Crippen MR) is 45.1 cm³/mol. The van der Waals surface area contributed by atoms with Crippen molar-refractivity contribution in [2.45, 2.75) is 25.8 Å². The lowest BCUT2D eigenvalue weighted by atomic mass is 10.3. The molecule has 0 aliphatic heterocycles. The summed E-state index contributed by atoms with van der Waals surface area (Å²) in [6, 6.07) is 1.60. The number of hydrogen-bond acceptors (Lipinski definition) is 1. The van der Waals surface area contributed by atoms with Crippen molar-refractivity contribution in [1.29, 1.82) is 0 Å². The molecule has 0 unspecified atom stereocenters. The highest BCUT2D eigenvalue weighted by atomic mass is 19.3. The minimum Gasteiger partial charge on any atom is -0.353 e. The van der Waals surface area contributed by atoms with Crippen molar-refractivity contribution in [3.8, 4) is 0 Å². The molecule has 1 aromatic heterocycles. The van der Waals surface area contributed by atoms with E-state index in [1.165, 1.54) is 0 Å². The van der Waals surface area contributed by atoms with E-state index in [1.54, 1.807) is 23.0 Å². The van der Waals surface area contributed by atoms with Gasteiger partial charge in [-0.25, -0.2) is 8.78 Å². The van der Waals surface area contributed by atoms with Crippen molar-refractivity contribution in [1.82, 2.24) is 4.57 Å². The highest BCUT2D eigenvalue weighted by Crippen LogP contribution is 2.17. The Morgan fingerprint density at radius 2 is 2.31 bits per heavy atom. The van der Waals surface area contributed by atoms with Crippen LogP contribution in [0.4, 0.5) is 8.78 Å². The van der Waals surface area contributed by atoms with E-state index < -0.39 is 5.92 Å². The van der Waals surface area contributed by atoms with Gasteiger partial charge in [-0.1, -0.05) is 0 Å². The number of carbonyl (C=O) groups is 1. The summed E-state index contributed by atoms with van der Waals surface area (Å²) in [4.78, 5) is 10.3. The number of halogens is 2. The van der Waals surface area contributed by atoms with Gasteiger partial charge in [-0.3, -0.25) is 4.79 Å². The molecule has 0 amide bonds. The maximum atomic E-state index is 12.4. The molecule has 0 N–H and O–H groups in total. The summed E-state index contributed by atoms with van der Waals surface area (Å²) in [5.41, 5.74) is 0.513. The second-order valence-electron chi connectivity index (χ2n) is 3.12. The Kier molecular flexibility index (Phi) is 2.80. The number of aldehydes is 1. The zero-order valence-corrected chi connectivity index (χ0v) is 7.34. The van der Waals surface area contributed by atoms with Crippen molar-refractivity contribution in [2.75, 3.05) is 0 Å². The van der Waals surface area contributed by atoms with Crippen LogP contribution >= 0.6 is 0 Å². The van der Waals surface area contributed by atoms with E-state index in [0.717, 1.165) is 6.92 Å². The Hall–Kier alpha value is -1.19. The minimum atomic E-state index is -2.65. The first-order valence-electron chi connectivity index (χ1n) is 4.00. The average molecular weight is 187 g/mol. The quantitative estimate of drug-likeness (QED) is 0.663. The summed E-state index contributed by atoms with van der Waals surface area (Å²) >= 11 is 0. The number of carbonyl (C=O) groups excluding carboxylic acids is 1. The lowest BCUT2D eigenvalue weighted by Crippen LogP contribution is -2.12. The summed E-state index contributed by atoms with van der Waals surface area (Å²) in [5.74, 6) is -2.65. The zero-order valence-electron chi connectivity index (χ0n) is 7.34. The van der Waals surface area contributed by atoms with Crippen molar-refractivity contribution < 1.29 is 13.6 Å². The predicted octanol–water partition coefficient (Wildman–Crippen LogP) is 2.35. The first-order valence-corrected chi connectivity index (χ1v) is 4.00. The van der Waals surface area contributed by atoms with Crippen LogP contribution in [0.1, 0.15) is 23.7 Å². The lowest BCUT2D eigenvalue weighted by molar-refractivity contribution is 0.00872. The maximum absolute atomic E-state index is 12.4. The van der Waals surface area contributed by atoms with Gasteiger partial charge in [0, 0.05) is 30.9 Å². The first-order chi connectivity index (χ1) is 6.01. The Morgan fingerprint density at radius 1 is 1.62 bits per heavy atom. The molecule has 0 spiro atoms. The van der Waals surface area contributed by atoms with E-state index in [-0.39, 0.29) is 13.0 Å². The van der Waals surface area contributed by atoms with Crippen LogP contribution < -0.4 is 0 Å². The minimum absolute atomic E-state index is 0.208. The largest absolute Gasteiger partial charge is 0.353 e. The summed E-state index contributed by atoms with van der Waals surface area (Å²) in [7, 11) is 0. The second kappa shape index (κ2) is 3.68. The Bertz CT molecular complexity index is 288. The zero-order chi connectivity index (χ0) is 9.90. The SMILES string of the molecule is CC(F)(F)CCn1ccc(C=O)c1. The molecule has 0 aliphatic rings. The van der Waals surface area contributed by atoms with Crippen molar-refractivity contribution in [3.05, 3.63) is 24.0 Å². The third-order valence-electron chi connectivity index (χ3n) is 1.72. The van der Waals surface area contributed by atoms with Gasteiger partial charge in [0.05, 0.1) is 0 Å². The summed E-state index contributed by atoms with van der Waals surface area (Å²) in [6.07, 6.45) is 3.66. The summed E-state index contributed by atoms with van der Waals surface area (Å²) in [5, 5.41) is 0. The Labute approximate surface area is 75.2 Å². The first kappa shape index (κ1) is 9.89. The van der Waals surface area contributed by atoms with E-state index in [4.69, 9.17) is 0 Å². The third kappa shape index (κ3) is 3.36. The van der Waals surface area contributed by atoms with Gasteiger partial charge in [0.2, 0.25) is 5.92 Å². The van der Waals surface area contributed by atoms with Gasteiger partial charge < -0.3 is 4.57 Å². The normalized spacial score (nSPS) is 11.6. The van der Waals surface area contributed by atoms with Crippen LogP contribution in [0.3, 0.4) is 0 Å². The van der Waals surface area contributed by atoms with E-state index >= 15 is 0 Å². The van der Waals surface area contributed by atoms with Crippen LogP contribution in [-0.4, -0.2) is 16.8 Å². The molecule has 0 saturated heterocycles. The smallest absolute Gasteiger partial charge is 0.247 e. The molecule has 1 heterocycles. The fourth-order valence-electron chi connectivity index (χ4n) is 0.994. The van der Waals surface area contributed by atoms with Gasteiger partial charge in [0.15, 0.2) is 6.29 Å². The molecule has 2 nitrogen and oxygen atoms in total. The third-order valence-corrected chi connectivity index (χ3v) is 1.72. The number of alkyl halides is 2. The molecule has 1 aromatic rings. The molecule has 0 aromatic carbocycles. The number of aryl methyl sites for hydroxylation is 1. The molecule has 0 bridgehead atoms. The Morgan fingerprint density at radius 3 is 2.77 bits per heavy atom. The molecule has 4 heteroatoms. The van der Waals surface area contributed by atoms with Crippen LogP contribution in [0.15, 0.2) is 18.5 Å². The monoisotopic (exact) mass is 187 g/mol. The molecule has 72 valence electrons. The van der Waals surface area contributed by atoms with Gasteiger partial charge in [-0.2, -0.15) is 0 Å². The number of rotatable bonds is 4. The van der Waals surface area contributed by atoms with Crippen LogP contribution in [0, 0.1) is 0 Å². The Balaban J connectivity index is 2.50. The molecule has 0 fully saturated rings. The van der Waals surface area contributed by atoms with Crippen LogP contribution in [0.5, 0.6) is 0 Å². The van der Waals surface area contributed by atoms with Crippen LogP contribution in [0.25, 0.3) is 0 Å². The fourth-order valence-corrected chi connectivity index (χ4v) is 0.994. The van der Waals surface area contributed by atoms with Crippen molar-refractivity contribution in [2.24, 2.45) is 0 Å². The number of hydrogen-bond donors (Lipinski definition) is 0. The maximum Gasteiger partial charge on any atom is 0.247 e. The van der Waals surface area contributed by atoms with Crippen LogP contribution in [-0.2, 0) is 6.54 Å². The molecule has 1 rings (SSSR count). The standard InChI is InChI=1S/C9H11F2NO/c1-9(10,11)3-5-12-4-2-8(6-12)7-13/h2,4,6-7H,3,5H2,1H3. The molecule has 0 atom stereocenters. The molecule has 0 saturated carbocycles. The number of nitrogens with zero attached hydrogens (tertiary/aromatic N) is 1.